The molecular formula is C11H19NOS. The maximum atomic E-state index is 6.07. The van der Waals surface area contributed by atoms with Gasteiger partial charge >= 0.3 is 0 Å². The van der Waals surface area contributed by atoms with E-state index in [-0.39, 0.29) is 6.04 Å². The summed E-state index contributed by atoms with van der Waals surface area (Å²) in [7, 11) is 1.73. The lowest BCUT2D eigenvalue weighted by Gasteiger charge is -2.08. The van der Waals surface area contributed by atoms with Crippen LogP contribution in [0.4, 0.5) is 0 Å². The maximum Gasteiger partial charge on any atom is 0.0462 e. The lowest BCUT2D eigenvalue weighted by molar-refractivity contribution is 0.190. The summed E-state index contributed by atoms with van der Waals surface area (Å²) in [5, 5.41) is 0. The fourth-order valence-electron chi connectivity index (χ4n) is 1.37. The highest BCUT2D eigenvalue weighted by Crippen LogP contribution is 2.27. The van der Waals surface area contributed by atoms with E-state index in [9.17, 15) is 0 Å². The number of ether oxygens (including phenoxy) is 1. The molecule has 3 heteroatoms. The summed E-state index contributed by atoms with van der Waals surface area (Å²) in [5.74, 6) is 0. The zero-order valence-electron chi connectivity index (χ0n) is 9.17. The molecule has 0 bridgehead atoms. The number of aryl methyl sites for hydroxylation is 2. The largest absolute Gasteiger partial charge is 0.385 e. The minimum Gasteiger partial charge on any atom is -0.385 e. The van der Waals surface area contributed by atoms with Crippen molar-refractivity contribution in [2.24, 2.45) is 5.73 Å². The molecule has 14 heavy (non-hydrogen) atoms. The van der Waals surface area contributed by atoms with Gasteiger partial charge in [-0.25, -0.2) is 0 Å². The van der Waals surface area contributed by atoms with Gasteiger partial charge in [0.15, 0.2) is 0 Å². The predicted molar refractivity (Wildman–Crippen MR) is 61.8 cm³/mol. The molecule has 1 rings (SSSR count). The zero-order valence-corrected chi connectivity index (χ0v) is 9.99. The number of rotatable bonds is 5. The van der Waals surface area contributed by atoms with Crippen molar-refractivity contribution in [1.82, 2.24) is 0 Å². The second-order valence-corrected chi connectivity index (χ2v) is 4.92. The van der Waals surface area contributed by atoms with E-state index in [1.54, 1.807) is 7.11 Å². The highest BCUT2D eigenvalue weighted by molar-refractivity contribution is 7.12. The molecule has 0 aliphatic rings. The topological polar surface area (TPSA) is 35.2 Å². The van der Waals surface area contributed by atoms with Crippen LogP contribution in [0.3, 0.4) is 0 Å². The Morgan fingerprint density at radius 1 is 1.50 bits per heavy atom. The molecule has 80 valence electrons. The first-order valence-electron chi connectivity index (χ1n) is 4.96. The first-order chi connectivity index (χ1) is 6.65. The normalized spacial score (nSPS) is 13.1. The average Bonchev–Trinajstić information content (AvgIpc) is 2.47. The quantitative estimate of drug-likeness (QED) is 0.763. The number of hydrogen-bond acceptors (Lipinski definition) is 3. The summed E-state index contributed by atoms with van der Waals surface area (Å²) in [5.41, 5.74) is 7.43. The van der Waals surface area contributed by atoms with Crippen molar-refractivity contribution in [3.63, 3.8) is 0 Å². The monoisotopic (exact) mass is 213 g/mol. The second-order valence-electron chi connectivity index (χ2n) is 3.63. The van der Waals surface area contributed by atoms with Crippen LogP contribution in [0.15, 0.2) is 6.07 Å². The van der Waals surface area contributed by atoms with E-state index >= 15 is 0 Å². The van der Waals surface area contributed by atoms with Gasteiger partial charge in [-0.05, 0) is 38.3 Å². The Balaban J connectivity index is 2.47. The van der Waals surface area contributed by atoms with Crippen molar-refractivity contribution >= 4 is 11.3 Å². The van der Waals surface area contributed by atoms with Gasteiger partial charge in [-0.1, -0.05) is 0 Å². The summed E-state index contributed by atoms with van der Waals surface area (Å²) in [6.07, 6.45) is 2.04. The maximum absolute atomic E-state index is 6.07. The molecule has 1 heterocycles. The van der Waals surface area contributed by atoms with Crippen molar-refractivity contribution in [3.8, 4) is 0 Å². The lowest BCUT2D eigenvalue weighted by atomic mass is 10.1. The van der Waals surface area contributed by atoms with Crippen LogP contribution in [0.5, 0.6) is 0 Å². The van der Waals surface area contributed by atoms with Gasteiger partial charge in [0.05, 0.1) is 0 Å². The van der Waals surface area contributed by atoms with Crippen LogP contribution < -0.4 is 5.73 Å². The van der Waals surface area contributed by atoms with Crippen LogP contribution >= 0.6 is 11.3 Å². The molecule has 0 amide bonds. The SMILES string of the molecule is COCCCC(N)c1cc(C)c(C)s1. The third-order valence-electron chi connectivity index (χ3n) is 2.41. The molecule has 1 atom stereocenters. The average molecular weight is 213 g/mol. The van der Waals surface area contributed by atoms with Gasteiger partial charge < -0.3 is 10.5 Å². The molecule has 0 aliphatic heterocycles. The Kier molecular flexibility index (Phi) is 4.58. The van der Waals surface area contributed by atoms with Gasteiger partial charge in [0.1, 0.15) is 0 Å². The van der Waals surface area contributed by atoms with Crippen molar-refractivity contribution in [2.45, 2.75) is 32.7 Å². The van der Waals surface area contributed by atoms with Crippen LogP contribution in [-0.4, -0.2) is 13.7 Å². The molecule has 0 aliphatic carbocycles. The van der Waals surface area contributed by atoms with Gasteiger partial charge in [0, 0.05) is 29.5 Å². The molecule has 0 spiro atoms. The Morgan fingerprint density at radius 2 is 2.21 bits per heavy atom. The molecule has 1 unspecified atom stereocenters. The Hall–Kier alpha value is -0.380. The molecule has 2 nitrogen and oxygen atoms in total. The molecule has 1 aromatic heterocycles. The fourth-order valence-corrected chi connectivity index (χ4v) is 2.45. The molecule has 0 saturated heterocycles. The molecule has 2 N–H and O–H groups in total. The summed E-state index contributed by atoms with van der Waals surface area (Å²) in [4.78, 5) is 2.68. The van der Waals surface area contributed by atoms with E-state index in [2.05, 4.69) is 19.9 Å². The van der Waals surface area contributed by atoms with E-state index in [4.69, 9.17) is 10.5 Å². The third kappa shape index (κ3) is 3.08. The lowest BCUT2D eigenvalue weighted by Crippen LogP contribution is -2.09. The van der Waals surface area contributed by atoms with Crippen molar-refractivity contribution in [1.29, 1.82) is 0 Å². The summed E-state index contributed by atoms with van der Waals surface area (Å²) >= 11 is 1.81. The zero-order chi connectivity index (χ0) is 10.6. The molecule has 0 fully saturated rings. The summed E-state index contributed by atoms with van der Waals surface area (Å²) in [6, 6.07) is 2.39. The van der Waals surface area contributed by atoms with E-state index < -0.39 is 0 Å². The molecule has 1 aromatic rings. The van der Waals surface area contributed by atoms with Gasteiger partial charge in [0.2, 0.25) is 0 Å². The van der Waals surface area contributed by atoms with E-state index in [0.717, 1.165) is 19.4 Å². The number of nitrogens with two attached hydrogens (primary N) is 1. The van der Waals surface area contributed by atoms with E-state index in [0.29, 0.717) is 0 Å². The van der Waals surface area contributed by atoms with Gasteiger partial charge in [-0.3, -0.25) is 0 Å². The molecule has 0 aromatic carbocycles. The number of thiophene rings is 1. The van der Waals surface area contributed by atoms with Crippen molar-refractivity contribution in [3.05, 3.63) is 21.4 Å². The first kappa shape index (κ1) is 11.7. The predicted octanol–water partition coefficient (Wildman–Crippen LogP) is 2.79. The van der Waals surface area contributed by atoms with Gasteiger partial charge in [0.25, 0.3) is 0 Å². The van der Waals surface area contributed by atoms with Gasteiger partial charge in [-0.2, -0.15) is 0 Å². The van der Waals surface area contributed by atoms with Crippen LogP contribution in [0.2, 0.25) is 0 Å². The summed E-state index contributed by atoms with van der Waals surface area (Å²) in [6.45, 7) is 5.08. The minimum absolute atomic E-state index is 0.183. The molecule has 0 saturated carbocycles. The van der Waals surface area contributed by atoms with Crippen LogP contribution in [-0.2, 0) is 4.74 Å². The fraction of sp³-hybridized carbons (Fsp3) is 0.636. The highest BCUT2D eigenvalue weighted by Gasteiger charge is 2.09. The standard InChI is InChI=1S/C11H19NOS/c1-8-7-11(14-9(8)2)10(12)5-4-6-13-3/h7,10H,4-6,12H2,1-3H3. The molecule has 0 radical (unpaired) electrons. The van der Waals surface area contributed by atoms with Crippen LogP contribution in [0.1, 0.15) is 34.2 Å². The highest BCUT2D eigenvalue weighted by atomic mass is 32.1. The first-order valence-corrected chi connectivity index (χ1v) is 5.78. The Morgan fingerprint density at radius 3 is 2.71 bits per heavy atom. The van der Waals surface area contributed by atoms with E-state index in [1.807, 2.05) is 11.3 Å². The Bertz CT molecular complexity index is 263. The van der Waals surface area contributed by atoms with Crippen molar-refractivity contribution in [2.75, 3.05) is 13.7 Å². The van der Waals surface area contributed by atoms with Crippen molar-refractivity contribution < 1.29 is 4.74 Å². The van der Waals surface area contributed by atoms with Gasteiger partial charge in [-0.15, -0.1) is 11.3 Å². The van der Waals surface area contributed by atoms with Crippen LogP contribution in [0, 0.1) is 13.8 Å². The second kappa shape index (κ2) is 5.49. The number of hydrogen-bond donors (Lipinski definition) is 1. The van der Waals surface area contributed by atoms with Crippen LogP contribution in [0.25, 0.3) is 0 Å². The molecular weight excluding hydrogens is 194 g/mol. The smallest absolute Gasteiger partial charge is 0.0462 e. The Labute approximate surface area is 90.1 Å². The minimum atomic E-state index is 0.183. The third-order valence-corrected chi connectivity index (χ3v) is 3.70. The summed E-state index contributed by atoms with van der Waals surface area (Å²) < 4.78 is 5.00. The van der Waals surface area contributed by atoms with E-state index in [1.165, 1.54) is 15.3 Å². The number of methoxy groups -OCH3 is 1.